The predicted molar refractivity (Wildman–Crippen MR) is 77.0 cm³/mol. The summed E-state index contributed by atoms with van der Waals surface area (Å²) in [5.41, 5.74) is -0.463. The van der Waals surface area contributed by atoms with Crippen LogP contribution in [0.15, 0.2) is 24.3 Å². The number of hydrogen-bond acceptors (Lipinski definition) is 2. The molecule has 1 aromatic rings. The van der Waals surface area contributed by atoms with Gasteiger partial charge in [-0.1, -0.05) is 19.4 Å². The normalized spacial score (nSPS) is 14.4. The predicted octanol–water partition coefficient (Wildman–Crippen LogP) is 3.81. The summed E-state index contributed by atoms with van der Waals surface area (Å²) in [4.78, 5) is 11.9. The van der Waals surface area contributed by atoms with Crippen molar-refractivity contribution >= 4 is 11.6 Å². The molecule has 0 bridgehead atoms. The summed E-state index contributed by atoms with van der Waals surface area (Å²) in [6, 6.07) is 4.27. The molecule has 0 saturated carbocycles. The molecular formula is C15H21F3N2O. The van der Waals surface area contributed by atoms with Gasteiger partial charge in [0.25, 0.3) is 0 Å². The van der Waals surface area contributed by atoms with Gasteiger partial charge in [0.15, 0.2) is 0 Å². The van der Waals surface area contributed by atoms with E-state index in [2.05, 4.69) is 10.6 Å². The fourth-order valence-electron chi connectivity index (χ4n) is 1.97. The van der Waals surface area contributed by atoms with E-state index in [0.29, 0.717) is 0 Å². The number of amides is 1. The van der Waals surface area contributed by atoms with Gasteiger partial charge < -0.3 is 10.6 Å². The zero-order valence-electron chi connectivity index (χ0n) is 12.4. The Hall–Kier alpha value is -1.72. The summed E-state index contributed by atoms with van der Waals surface area (Å²) < 4.78 is 37.8. The van der Waals surface area contributed by atoms with E-state index < -0.39 is 17.8 Å². The van der Waals surface area contributed by atoms with Crippen molar-refractivity contribution in [2.24, 2.45) is 0 Å². The maximum atomic E-state index is 12.6. The average Bonchev–Trinajstić information content (AvgIpc) is 2.38. The van der Waals surface area contributed by atoms with E-state index in [1.54, 1.807) is 6.92 Å². The third kappa shape index (κ3) is 5.65. The lowest BCUT2D eigenvalue weighted by atomic mass is 10.1. The maximum Gasteiger partial charge on any atom is 0.416 e. The van der Waals surface area contributed by atoms with Gasteiger partial charge >= 0.3 is 6.18 Å². The minimum Gasteiger partial charge on any atom is -0.374 e. The highest BCUT2D eigenvalue weighted by molar-refractivity contribution is 5.84. The van der Waals surface area contributed by atoms with Gasteiger partial charge in [0, 0.05) is 11.7 Å². The number of hydrogen-bond donors (Lipinski definition) is 2. The van der Waals surface area contributed by atoms with Crippen LogP contribution in [0.1, 0.15) is 39.2 Å². The molecule has 2 atom stereocenters. The van der Waals surface area contributed by atoms with E-state index in [-0.39, 0.29) is 17.6 Å². The largest absolute Gasteiger partial charge is 0.416 e. The number of carbonyl (C=O) groups excluding carboxylic acids is 1. The molecule has 0 aliphatic heterocycles. The molecule has 0 heterocycles. The maximum absolute atomic E-state index is 12.6. The summed E-state index contributed by atoms with van der Waals surface area (Å²) in [5, 5.41) is 5.61. The molecule has 0 spiro atoms. The summed E-state index contributed by atoms with van der Waals surface area (Å²) >= 11 is 0. The van der Waals surface area contributed by atoms with Gasteiger partial charge in [0.1, 0.15) is 6.04 Å². The van der Waals surface area contributed by atoms with Crippen molar-refractivity contribution < 1.29 is 18.0 Å². The monoisotopic (exact) mass is 302 g/mol. The van der Waals surface area contributed by atoms with E-state index in [1.165, 1.54) is 12.1 Å². The first-order valence-corrected chi connectivity index (χ1v) is 6.98. The van der Waals surface area contributed by atoms with E-state index >= 15 is 0 Å². The van der Waals surface area contributed by atoms with Gasteiger partial charge in [0.2, 0.25) is 5.91 Å². The van der Waals surface area contributed by atoms with Crippen LogP contribution in [0.4, 0.5) is 18.9 Å². The van der Waals surface area contributed by atoms with Crippen molar-refractivity contribution in [3.8, 4) is 0 Å². The number of alkyl halides is 3. The lowest BCUT2D eigenvalue weighted by molar-refractivity contribution is -0.137. The van der Waals surface area contributed by atoms with Crippen LogP contribution in [0.5, 0.6) is 0 Å². The Morgan fingerprint density at radius 1 is 1.29 bits per heavy atom. The molecule has 2 unspecified atom stereocenters. The fourth-order valence-corrected chi connectivity index (χ4v) is 1.97. The summed E-state index contributed by atoms with van der Waals surface area (Å²) in [5.74, 6) is -0.228. The van der Waals surface area contributed by atoms with Crippen LogP contribution in [-0.4, -0.2) is 18.0 Å². The number of halogens is 3. The third-order valence-corrected chi connectivity index (χ3v) is 3.08. The van der Waals surface area contributed by atoms with Crippen LogP contribution in [0.2, 0.25) is 0 Å². The van der Waals surface area contributed by atoms with Crippen molar-refractivity contribution in [2.45, 2.75) is 51.9 Å². The lowest BCUT2D eigenvalue weighted by Crippen LogP contribution is -2.42. The van der Waals surface area contributed by atoms with Crippen LogP contribution >= 0.6 is 0 Å². The first kappa shape index (κ1) is 17.3. The molecule has 6 heteroatoms. The highest BCUT2D eigenvalue weighted by atomic mass is 19.4. The molecule has 0 saturated heterocycles. The minimum absolute atomic E-state index is 0.0493. The first-order valence-electron chi connectivity index (χ1n) is 6.98. The van der Waals surface area contributed by atoms with Crippen LogP contribution in [0.25, 0.3) is 0 Å². The Labute approximate surface area is 122 Å². The number of rotatable bonds is 6. The molecule has 2 N–H and O–H groups in total. The zero-order valence-corrected chi connectivity index (χ0v) is 12.4. The van der Waals surface area contributed by atoms with Gasteiger partial charge in [-0.05, 0) is 38.5 Å². The van der Waals surface area contributed by atoms with E-state index in [1.807, 2.05) is 13.8 Å². The zero-order chi connectivity index (χ0) is 16.0. The second-order valence-electron chi connectivity index (χ2n) is 5.14. The molecule has 0 radical (unpaired) electrons. The van der Waals surface area contributed by atoms with Crippen molar-refractivity contribution in [3.63, 3.8) is 0 Å². The van der Waals surface area contributed by atoms with E-state index in [9.17, 15) is 18.0 Å². The second-order valence-corrected chi connectivity index (χ2v) is 5.14. The van der Waals surface area contributed by atoms with Gasteiger partial charge in [-0.3, -0.25) is 4.79 Å². The molecule has 0 aliphatic rings. The summed E-state index contributed by atoms with van der Waals surface area (Å²) in [6.07, 6.45) is -2.57. The van der Waals surface area contributed by atoms with Crippen LogP contribution < -0.4 is 10.6 Å². The lowest BCUT2D eigenvalue weighted by Gasteiger charge is -2.19. The molecule has 0 fully saturated rings. The highest BCUT2D eigenvalue weighted by Crippen LogP contribution is 2.30. The van der Waals surface area contributed by atoms with Gasteiger partial charge in [-0.2, -0.15) is 13.2 Å². The van der Waals surface area contributed by atoms with E-state index in [4.69, 9.17) is 0 Å². The molecule has 3 nitrogen and oxygen atoms in total. The minimum atomic E-state index is -4.39. The number of anilines is 1. The number of carbonyl (C=O) groups is 1. The molecular weight excluding hydrogens is 281 g/mol. The Morgan fingerprint density at radius 2 is 1.95 bits per heavy atom. The standard InChI is InChI=1S/C15H21F3N2O/c1-4-6-10(2)19-14(21)11(3)20-13-8-5-7-12(9-13)15(16,17)18/h5,7-11,20H,4,6H2,1-3H3,(H,19,21). The van der Waals surface area contributed by atoms with Crippen molar-refractivity contribution in [1.82, 2.24) is 5.32 Å². The van der Waals surface area contributed by atoms with Gasteiger partial charge in [-0.25, -0.2) is 0 Å². The quantitative estimate of drug-likeness (QED) is 0.839. The third-order valence-electron chi connectivity index (χ3n) is 3.08. The molecule has 21 heavy (non-hydrogen) atoms. The SMILES string of the molecule is CCCC(C)NC(=O)C(C)Nc1cccc(C(F)(F)F)c1. The Kier molecular flexibility index (Phi) is 6.05. The summed E-state index contributed by atoms with van der Waals surface area (Å²) in [7, 11) is 0. The first-order chi connectivity index (χ1) is 9.74. The molecule has 1 aromatic carbocycles. The highest BCUT2D eigenvalue weighted by Gasteiger charge is 2.30. The van der Waals surface area contributed by atoms with Crippen LogP contribution in [0, 0.1) is 0 Å². The Morgan fingerprint density at radius 3 is 2.52 bits per heavy atom. The van der Waals surface area contributed by atoms with Gasteiger partial charge in [0.05, 0.1) is 5.56 Å². The molecule has 0 aromatic heterocycles. The Bertz CT molecular complexity index is 474. The van der Waals surface area contributed by atoms with E-state index in [0.717, 1.165) is 25.0 Å². The summed E-state index contributed by atoms with van der Waals surface area (Å²) in [6.45, 7) is 5.54. The smallest absolute Gasteiger partial charge is 0.374 e. The molecule has 1 rings (SSSR count). The number of nitrogens with one attached hydrogen (secondary N) is 2. The average molecular weight is 302 g/mol. The van der Waals surface area contributed by atoms with Gasteiger partial charge in [-0.15, -0.1) is 0 Å². The number of benzene rings is 1. The van der Waals surface area contributed by atoms with Crippen LogP contribution in [0.3, 0.4) is 0 Å². The second kappa shape index (κ2) is 7.33. The van der Waals surface area contributed by atoms with Crippen LogP contribution in [-0.2, 0) is 11.0 Å². The fraction of sp³-hybridized carbons (Fsp3) is 0.533. The molecule has 118 valence electrons. The van der Waals surface area contributed by atoms with Crippen molar-refractivity contribution in [3.05, 3.63) is 29.8 Å². The van der Waals surface area contributed by atoms with Crippen molar-refractivity contribution in [2.75, 3.05) is 5.32 Å². The molecule has 0 aliphatic carbocycles. The van der Waals surface area contributed by atoms with Crippen molar-refractivity contribution in [1.29, 1.82) is 0 Å². The molecule has 1 amide bonds. The Balaban J connectivity index is 2.66. The topological polar surface area (TPSA) is 41.1 Å².